The number of rotatable bonds is 5. The summed E-state index contributed by atoms with van der Waals surface area (Å²) in [5, 5.41) is 3.28. The molecule has 0 radical (unpaired) electrons. The Bertz CT molecular complexity index is 560. The molecule has 6 heteroatoms. The fourth-order valence-electron chi connectivity index (χ4n) is 2.80. The van der Waals surface area contributed by atoms with Crippen molar-refractivity contribution in [3.63, 3.8) is 0 Å². The second-order valence-electron chi connectivity index (χ2n) is 5.83. The van der Waals surface area contributed by atoms with Crippen molar-refractivity contribution in [3.8, 4) is 0 Å². The number of halogens is 1. The van der Waals surface area contributed by atoms with E-state index in [2.05, 4.69) is 15.2 Å². The van der Waals surface area contributed by atoms with Crippen molar-refractivity contribution in [1.82, 2.24) is 10.2 Å². The largest absolute Gasteiger partial charge is 0.466 e. The highest BCUT2D eigenvalue weighted by Crippen LogP contribution is 2.18. The number of nitrogens with one attached hydrogen (secondary N) is 1. The van der Waals surface area contributed by atoms with Crippen molar-refractivity contribution in [2.24, 2.45) is 10.9 Å². The van der Waals surface area contributed by atoms with Crippen LogP contribution < -0.4 is 5.32 Å². The molecule has 1 saturated heterocycles. The number of esters is 1. The number of benzene rings is 1. The fraction of sp³-hybridized carbons (Fsp3) is 0.556. The van der Waals surface area contributed by atoms with E-state index in [4.69, 9.17) is 4.74 Å². The first-order valence-electron chi connectivity index (χ1n) is 8.58. The second kappa shape index (κ2) is 9.25. The van der Waals surface area contributed by atoms with Crippen molar-refractivity contribution in [3.05, 3.63) is 35.6 Å². The summed E-state index contributed by atoms with van der Waals surface area (Å²) in [6.45, 7) is 6.96. The van der Waals surface area contributed by atoms with Gasteiger partial charge >= 0.3 is 5.97 Å². The van der Waals surface area contributed by atoms with E-state index in [-0.39, 0.29) is 17.7 Å². The minimum absolute atomic E-state index is 0.103. The first-order chi connectivity index (χ1) is 11.6. The molecule has 0 saturated carbocycles. The Morgan fingerprint density at radius 3 is 2.79 bits per heavy atom. The zero-order valence-corrected chi connectivity index (χ0v) is 14.4. The number of carbonyl (C=O) groups excluding carboxylic acids is 1. The number of likely N-dealkylation sites (tertiary alicyclic amines) is 1. The van der Waals surface area contributed by atoms with Gasteiger partial charge in [0.15, 0.2) is 5.96 Å². The summed E-state index contributed by atoms with van der Waals surface area (Å²) < 4.78 is 18.1. The van der Waals surface area contributed by atoms with Crippen molar-refractivity contribution in [2.45, 2.75) is 33.2 Å². The van der Waals surface area contributed by atoms with Gasteiger partial charge in [-0.05, 0) is 44.4 Å². The van der Waals surface area contributed by atoms with Gasteiger partial charge in [-0.2, -0.15) is 0 Å². The standard InChI is InChI=1S/C18H26FN3O2/c1-3-20-18(21-12-14-7-9-16(19)10-8-14)22-11-5-6-15(13-22)17(23)24-4-2/h7-10,15H,3-6,11-13H2,1-2H3,(H,20,21). The highest BCUT2D eigenvalue weighted by molar-refractivity contribution is 5.81. The van der Waals surface area contributed by atoms with Gasteiger partial charge in [0.1, 0.15) is 5.82 Å². The molecule has 1 aromatic carbocycles. The number of aliphatic imine (C=N–C) groups is 1. The van der Waals surface area contributed by atoms with Crippen LogP contribution in [-0.2, 0) is 16.1 Å². The second-order valence-corrected chi connectivity index (χ2v) is 5.83. The molecule has 1 heterocycles. The predicted molar refractivity (Wildman–Crippen MR) is 92.1 cm³/mol. The van der Waals surface area contributed by atoms with Gasteiger partial charge in [0, 0.05) is 19.6 Å². The van der Waals surface area contributed by atoms with E-state index >= 15 is 0 Å². The van der Waals surface area contributed by atoms with Crippen LogP contribution in [0.25, 0.3) is 0 Å². The maximum atomic E-state index is 13.0. The summed E-state index contributed by atoms with van der Waals surface area (Å²) in [6.07, 6.45) is 1.79. The molecule has 0 aliphatic carbocycles. The molecule has 1 aliphatic heterocycles. The Morgan fingerprint density at radius 2 is 2.12 bits per heavy atom. The zero-order chi connectivity index (χ0) is 17.4. The number of guanidine groups is 1. The molecule has 1 fully saturated rings. The van der Waals surface area contributed by atoms with Gasteiger partial charge in [0.2, 0.25) is 0 Å². The normalized spacial score (nSPS) is 18.4. The van der Waals surface area contributed by atoms with Gasteiger partial charge in [-0.3, -0.25) is 4.79 Å². The fourth-order valence-corrected chi connectivity index (χ4v) is 2.80. The van der Waals surface area contributed by atoms with Crippen LogP contribution in [0.3, 0.4) is 0 Å². The van der Waals surface area contributed by atoms with Crippen LogP contribution in [0.15, 0.2) is 29.3 Å². The lowest BCUT2D eigenvalue weighted by atomic mass is 9.98. The van der Waals surface area contributed by atoms with Crippen molar-refractivity contribution >= 4 is 11.9 Å². The molecule has 1 atom stereocenters. The van der Waals surface area contributed by atoms with Gasteiger partial charge in [0.05, 0.1) is 19.1 Å². The summed E-state index contributed by atoms with van der Waals surface area (Å²) in [6, 6.07) is 6.35. The maximum Gasteiger partial charge on any atom is 0.310 e. The highest BCUT2D eigenvalue weighted by atomic mass is 19.1. The average Bonchev–Trinajstić information content (AvgIpc) is 2.60. The SMILES string of the molecule is CCNC(=NCc1ccc(F)cc1)N1CCCC(C(=O)OCC)C1. The molecule has 2 rings (SSSR count). The molecule has 0 aromatic heterocycles. The van der Waals surface area contributed by atoms with Gasteiger partial charge in [-0.15, -0.1) is 0 Å². The summed E-state index contributed by atoms with van der Waals surface area (Å²) in [7, 11) is 0. The van der Waals surface area contributed by atoms with Crippen LogP contribution in [0.4, 0.5) is 4.39 Å². The Balaban J connectivity index is 2.03. The molecule has 132 valence electrons. The summed E-state index contributed by atoms with van der Waals surface area (Å²) in [5.74, 6) is 0.309. The van der Waals surface area contributed by atoms with E-state index in [0.717, 1.165) is 37.5 Å². The van der Waals surface area contributed by atoms with Gasteiger partial charge in [-0.25, -0.2) is 9.38 Å². The number of hydrogen-bond acceptors (Lipinski definition) is 3. The molecular weight excluding hydrogens is 309 g/mol. The quantitative estimate of drug-likeness (QED) is 0.510. The third kappa shape index (κ3) is 5.22. The predicted octanol–water partition coefficient (Wildman–Crippen LogP) is 2.57. The Morgan fingerprint density at radius 1 is 1.38 bits per heavy atom. The topological polar surface area (TPSA) is 53.9 Å². The van der Waals surface area contributed by atoms with E-state index in [1.165, 1.54) is 12.1 Å². The lowest BCUT2D eigenvalue weighted by molar-refractivity contribution is -0.149. The van der Waals surface area contributed by atoms with E-state index in [9.17, 15) is 9.18 Å². The molecule has 1 N–H and O–H groups in total. The van der Waals surface area contributed by atoms with E-state index < -0.39 is 0 Å². The Kier molecular flexibility index (Phi) is 7.03. The smallest absolute Gasteiger partial charge is 0.310 e. The van der Waals surface area contributed by atoms with E-state index in [1.807, 2.05) is 13.8 Å². The van der Waals surface area contributed by atoms with Crippen molar-refractivity contribution < 1.29 is 13.9 Å². The molecule has 0 amide bonds. The first-order valence-corrected chi connectivity index (χ1v) is 8.58. The number of ether oxygens (including phenoxy) is 1. The maximum absolute atomic E-state index is 13.0. The average molecular weight is 335 g/mol. The minimum Gasteiger partial charge on any atom is -0.466 e. The van der Waals surface area contributed by atoms with Gasteiger partial charge in [-0.1, -0.05) is 12.1 Å². The Labute approximate surface area is 142 Å². The lowest BCUT2D eigenvalue weighted by Crippen LogP contribution is -2.48. The van der Waals surface area contributed by atoms with Crippen LogP contribution in [0.1, 0.15) is 32.3 Å². The zero-order valence-electron chi connectivity index (χ0n) is 14.4. The van der Waals surface area contributed by atoms with Gasteiger partial charge in [0.25, 0.3) is 0 Å². The molecule has 1 aromatic rings. The third-order valence-corrected chi connectivity index (χ3v) is 4.00. The number of piperidine rings is 1. The number of nitrogens with zero attached hydrogens (tertiary/aromatic N) is 2. The van der Waals surface area contributed by atoms with Crippen LogP contribution >= 0.6 is 0 Å². The molecule has 1 aliphatic rings. The molecule has 0 spiro atoms. The lowest BCUT2D eigenvalue weighted by Gasteiger charge is -2.34. The minimum atomic E-state index is -0.247. The molecule has 24 heavy (non-hydrogen) atoms. The number of hydrogen-bond donors (Lipinski definition) is 1. The van der Waals surface area contributed by atoms with E-state index in [0.29, 0.717) is 19.7 Å². The van der Waals surface area contributed by atoms with E-state index in [1.54, 1.807) is 12.1 Å². The molecule has 1 unspecified atom stereocenters. The summed E-state index contributed by atoms with van der Waals surface area (Å²) in [5.41, 5.74) is 0.950. The van der Waals surface area contributed by atoms with Crippen molar-refractivity contribution in [1.29, 1.82) is 0 Å². The third-order valence-electron chi connectivity index (χ3n) is 4.00. The Hall–Kier alpha value is -2.11. The molecule has 0 bridgehead atoms. The summed E-state index contributed by atoms with van der Waals surface area (Å²) in [4.78, 5) is 18.7. The summed E-state index contributed by atoms with van der Waals surface area (Å²) >= 11 is 0. The first kappa shape index (κ1) is 18.2. The van der Waals surface area contributed by atoms with Crippen LogP contribution in [0.5, 0.6) is 0 Å². The highest BCUT2D eigenvalue weighted by Gasteiger charge is 2.28. The molecular formula is C18H26FN3O2. The van der Waals surface area contributed by atoms with Crippen LogP contribution in [0.2, 0.25) is 0 Å². The molecule has 5 nitrogen and oxygen atoms in total. The van der Waals surface area contributed by atoms with Crippen molar-refractivity contribution in [2.75, 3.05) is 26.2 Å². The number of carbonyl (C=O) groups is 1. The van der Waals surface area contributed by atoms with Crippen LogP contribution in [0, 0.1) is 11.7 Å². The van der Waals surface area contributed by atoms with Crippen LogP contribution in [-0.4, -0.2) is 43.1 Å². The van der Waals surface area contributed by atoms with Gasteiger partial charge < -0.3 is 15.0 Å². The monoisotopic (exact) mass is 335 g/mol.